The van der Waals surface area contributed by atoms with Crippen LogP contribution in [0.4, 0.5) is 0 Å². The van der Waals surface area contributed by atoms with Crippen molar-refractivity contribution in [2.75, 3.05) is 5.75 Å². The fourth-order valence-electron chi connectivity index (χ4n) is 3.34. The zero-order valence-electron chi connectivity index (χ0n) is 13.1. The molecule has 2 nitrogen and oxygen atoms in total. The minimum absolute atomic E-state index is 0.444. The lowest BCUT2D eigenvalue weighted by atomic mass is 9.79. The number of rotatable bonds is 3. The van der Waals surface area contributed by atoms with Gasteiger partial charge < -0.3 is 5.32 Å². The molecule has 0 amide bonds. The SMILES string of the molecule is CC1CCC(NC2=NC(Cc3ccccc3)CS2)CC1C. The van der Waals surface area contributed by atoms with Gasteiger partial charge >= 0.3 is 0 Å². The van der Waals surface area contributed by atoms with Gasteiger partial charge in [-0.1, -0.05) is 55.9 Å². The molecule has 114 valence electrons. The number of hydrogen-bond acceptors (Lipinski definition) is 3. The Kier molecular flexibility index (Phi) is 4.89. The summed E-state index contributed by atoms with van der Waals surface area (Å²) in [6.45, 7) is 4.78. The third-order valence-electron chi connectivity index (χ3n) is 4.95. The molecule has 1 fully saturated rings. The van der Waals surface area contributed by atoms with E-state index >= 15 is 0 Å². The third-order valence-corrected chi connectivity index (χ3v) is 6.00. The summed E-state index contributed by atoms with van der Waals surface area (Å²) in [6.07, 6.45) is 5.01. The summed E-state index contributed by atoms with van der Waals surface area (Å²) in [5.74, 6) is 2.84. The van der Waals surface area contributed by atoms with Gasteiger partial charge in [0, 0.05) is 11.8 Å². The second kappa shape index (κ2) is 6.87. The number of benzene rings is 1. The molecule has 4 unspecified atom stereocenters. The van der Waals surface area contributed by atoms with Crippen molar-refractivity contribution in [3.05, 3.63) is 35.9 Å². The van der Waals surface area contributed by atoms with E-state index in [2.05, 4.69) is 49.5 Å². The maximum Gasteiger partial charge on any atom is 0.157 e. The lowest BCUT2D eigenvalue weighted by molar-refractivity contribution is 0.241. The molecule has 2 aliphatic rings. The summed E-state index contributed by atoms with van der Waals surface area (Å²) in [5, 5.41) is 4.88. The normalized spacial score (nSPS) is 32.8. The Morgan fingerprint density at radius 2 is 1.95 bits per heavy atom. The van der Waals surface area contributed by atoms with Gasteiger partial charge in [-0.25, -0.2) is 0 Å². The average molecular weight is 302 g/mol. The summed E-state index contributed by atoms with van der Waals surface area (Å²) >= 11 is 1.90. The molecular weight excluding hydrogens is 276 g/mol. The Balaban J connectivity index is 1.52. The van der Waals surface area contributed by atoms with Crippen molar-refractivity contribution in [1.29, 1.82) is 0 Å². The molecular formula is C18H26N2S. The van der Waals surface area contributed by atoms with Gasteiger partial charge in [-0.3, -0.25) is 4.99 Å². The topological polar surface area (TPSA) is 24.4 Å². The molecule has 0 spiro atoms. The molecule has 1 saturated carbocycles. The monoisotopic (exact) mass is 302 g/mol. The van der Waals surface area contributed by atoms with Gasteiger partial charge in [-0.2, -0.15) is 0 Å². The standard InChI is InChI=1S/C18H26N2S/c1-13-8-9-16(10-14(13)2)19-18-20-17(12-21-18)11-15-6-4-3-5-7-15/h3-7,13-14,16-17H,8-12H2,1-2H3,(H,19,20). The number of hydrogen-bond donors (Lipinski definition) is 1. The van der Waals surface area contributed by atoms with Gasteiger partial charge in [0.2, 0.25) is 0 Å². The molecule has 1 heterocycles. The van der Waals surface area contributed by atoms with Crippen LogP contribution in [-0.4, -0.2) is 23.0 Å². The Morgan fingerprint density at radius 3 is 2.71 bits per heavy atom. The zero-order valence-corrected chi connectivity index (χ0v) is 13.9. The van der Waals surface area contributed by atoms with Gasteiger partial charge in [0.25, 0.3) is 0 Å². The molecule has 0 saturated heterocycles. The second-order valence-electron chi connectivity index (χ2n) is 6.70. The fourth-order valence-corrected chi connectivity index (χ4v) is 4.35. The minimum Gasteiger partial charge on any atom is -0.362 e. The first-order valence-electron chi connectivity index (χ1n) is 8.22. The summed E-state index contributed by atoms with van der Waals surface area (Å²) < 4.78 is 0. The summed E-state index contributed by atoms with van der Waals surface area (Å²) in [6, 6.07) is 11.8. The number of thioether (sulfide) groups is 1. The van der Waals surface area contributed by atoms with Crippen molar-refractivity contribution >= 4 is 16.9 Å². The van der Waals surface area contributed by atoms with Crippen LogP contribution in [0, 0.1) is 11.8 Å². The molecule has 4 atom stereocenters. The first kappa shape index (κ1) is 15.0. The van der Waals surface area contributed by atoms with Crippen molar-refractivity contribution < 1.29 is 0 Å². The quantitative estimate of drug-likeness (QED) is 0.908. The largest absolute Gasteiger partial charge is 0.362 e. The number of nitrogens with zero attached hydrogens (tertiary/aromatic N) is 1. The van der Waals surface area contributed by atoms with E-state index in [-0.39, 0.29) is 0 Å². The molecule has 1 aliphatic carbocycles. The molecule has 0 bridgehead atoms. The fraction of sp³-hybridized carbons (Fsp3) is 0.611. The predicted octanol–water partition coefficient (Wildman–Crippen LogP) is 4.11. The van der Waals surface area contributed by atoms with Gasteiger partial charge in [0.05, 0.1) is 6.04 Å². The van der Waals surface area contributed by atoms with Gasteiger partial charge in [0.1, 0.15) is 0 Å². The van der Waals surface area contributed by atoms with Crippen LogP contribution >= 0.6 is 11.8 Å². The lowest BCUT2D eigenvalue weighted by Gasteiger charge is -2.32. The molecule has 0 radical (unpaired) electrons. The molecule has 21 heavy (non-hydrogen) atoms. The number of amidine groups is 1. The molecule has 1 aromatic rings. The predicted molar refractivity (Wildman–Crippen MR) is 92.9 cm³/mol. The first-order valence-corrected chi connectivity index (χ1v) is 9.20. The van der Waals surface area contributed by atoms with Gasteiger partial charge in [-0.05, 0) is 43.1 Å². The number of aliphatic imine (C=N–C) groups is 1. The highest BCUT2D eigenvalue weighted by Gasteiger charge is 2.27. The Labute approximate surface area is 132 Å². The number of nitrogens with one attached hydrogen (secondary N) is 1. The first-order chi connectivity index (χ1) is 10.2. The van der Waals surface area contributed by atoms with E-state index in [1.807, 2.05) is 11.8 Å². The molecule has 0 aromatic heterocycles. The summed E-state index contributed by atoms with van der Waals surface area (Å²) in [4.78, 5) is 4.89. The highest BCUT2D eigenvalue weighted by Crippen LogP contribution is 2.30. The van der Waals surface area contributed by atoms with E-state index in [4.69, 9.17) is 4.99 Å². The van der Waals surface area contributed by atoms with E-state index in [9.17, 15) is 0 Å². The van der Waals surface area contributed by atoms with Crippen LogP contribution < -0.4 is 5.32 Å². The molecule has 1 aromatic carbocycles. The van der Waals surface area contributed by atoms with Crippen LogP contribution in [0.3, 0.4) is 0 Å². The maximum atomic E-state index is 4.89. The van der Waals surface area contributed by atoms with E-state index in [1.165, 1.54) is 30.0 Å². The lowest BCUT2D eigenvalue weighted by Crippen LogP contribution is -2.38. The second-order valence-corrected chi connectivity index (χ2v) is 7.71. The Hall–Kier alpha value is -0.960. The van der Waals surface area contributed by atoms with Crippen molar-refractivity contribution in [3.63, 3.8) is 0 Å². The van der Waals surface area contributed by atoms with E-state index < -0.39 is 0 Å². The van der Waals surface area contributed by atoms with Crippen molar-refractivity contribution in [3.8, 4) is 0 Å². The van der Waals surface area contributed by atoms with E-state index in [0.29, 0.717) is 12.1 Å². The van der Waals surface area contributed by atoms with Crippen molar-refractivity contribution in [2.24, 2.45) is 16.8 Å². The summed E-state index contributed by atoms with van der Waals surface area (Å²) in [7, 11) is 0. The van der Waals surface area contributed by atoms with Crippen LogP contribution in [0.5, 0.6) is 0 Å². The molecule has 3 heteroatoms. The van der Waals surface area contributed by atoms with E-state index in [1.54, 1.807) is 0 Å². The molecule has 1 aliphatic heterocycles. The smallest absolute Gasteiger partial charge is 0.157 e. The molecule has 1 N–H and O–H groups in total. The summed E-state index contributed by atoms with van der Waals surface area (Å²) in [5.41, 5.74) is 1.40. The van der Waals surface area contributed by atoms with Crippen LogP contribution in [0.15, 0.2) is 35.3 Å². The molecule has 3 rings (SSSR count). The van der Waals surface area contributed by atoms with Crippen molar-refractivity contribution in [1.82, 2.24) is 5.32 Å². The Bertz CT molecular complexity index is 485. The Morgan fingerprint density at radius 1 is 1.14 bits per heavy atom. The van der Waals surface area contributed by atoms with Crippen LogP contribution in [0.1, 0.15) is 38.7 Å². The van der Waals surface area contributed by atoms with Crippen LogP contribution in [-0.2, 0) is 6.42 Å². The highest BCUT2D eigenvalue weighted by molar-refractivity contribution is 8.14. The van der Waals surface area contributed by atoms with Crippen LogP contribution in [0.25, 0.3) is 0 Å². The van der Waals surface area contributed by atoms with Gasteiger partial charge in [-0.15, -0.1) is 0 Å². The van der Waals surface area contributed by atoms with E-state index in [0.717, 1.165) is 24.0 Å². The minimum atomic E-state index is 0.444. The maximum absolute atomic E-state index is 4.89. The zero-order chi connectivity index (χ0) is 14.7. The third kappa shape index (κ3) is 4.03. The van der Waals surface area contributed by atoms with Gasteiger partial charge in [0.15, 0.2) is 5.17 Å². The van der Waals surface area contributed by atoms with Crippen LogP contribution in [0.2, 0.25) is 0 Å². The van der Waals surface area contributed by atoms with Crippen molar-refractivity contribution in [2.45, 2.75) is 51.6 Å². The average Bonchev–Trinajstić information content (AvgIpc) is 2.91. The highest BCUT2D eigenvalue weighted by atomic mass is 32.2.